The summed E-state index contributed by atoms with van der Waals surface area (Å²) in [6, 6.07) is 17.7. The van der Waals surface area contributed by atoms with Gasteiger partial charge in [0.25, 0.3) is 0 Å². The molecule has 2 rings (SSSR count). The Kier molecular flexibility index (Phi) is 5.79. The van der Waals surface area contributed by atoms with Crippen LogP contribution in [0.3, 0.4) is 0 Å². The Labute approximate surface area is 124 Å². The Hall–Kier alpha value is -2.33. The number of benzene rings is 2. The summed E-state index contributed by atoms with van der Waals surface area (Å²) in [4.78, 5) is 11.3. The molecule has 0 atom stereocenters. The maximum absolute atomic E-state index is 11.3. The maximum Gasteiger partial charge on any atom is 0.246 e. The van der Waals surface area contributed by atoms with Gasteiger partial charge in [-0.05, 0) is 23.3 Å². The van der Waals surface area contributed by atoms with Gasteiger partial charge >= 0.3 is 0 Å². The molecule has 21 heavy (non-hydrogen) atoms. The van der Waals surface area contributed by atoms with Gasteiger partial charge in [-0.3, -0.25) is 4.79 Å². The second-order valence-corrected chi connectivity index (χ2v) is 4.63. The highest BCUT2D eigenvalue weighted by Crippen LogP contribution is 2.14. The number of methoxy groups -OCH3 is 1. The summed E-state index contributed by atoms with van der Waals surface area (Å²) in [5.41, 5.74) is 2.15. The monoisotopic (exact) mass is 285 g/mol. The van der Waals surface area contributed by atoms with Gasteiger partial charge in [-0.15, -0.1) is 0 Å². The molecule has 1 amide bonds. The molecule has 0 aliphatic carbocycles. The van der Waals surface area contributed by atoms with E-state index in [1.807, 2.05) is 54.6 Å². The van der Waals surface area contributed by atoms with E-state index in [4.69, 9.17) is 9.47 Å². The number of carbonyl (C=O) groups excluding carboxylic acids is 1. The SMILES string of the molecule is COCC(=O)NCc1ccc(OCc2ccccc2)cc1. The number of carbonyl (C=O) groups is 1. The van der Waals surface area contributed by atoms with Gasteiger partial charge in [-0.25, -0.2) is 0 Å². The summed E-state index contributed by atoms with van der Waals surface area (Å²) in [5.74, 6) is 0.688. The third kappa shape index (κ3) is 5.28. The van der Waals surface area contributed by atoms with Gasteiger partial charge in [0.05, 0.1) is 0 Å². The minimum Gasteiger partial charge on any atom is -0.489 e. The molecule has 2 aromatic rings. The van der Waals surface area contributed by atoms with Crippen LogP contribution in [0.25, 0.3) is 0 Å². The predicted octanol–water partition coefficient (Wildman–Crippen LogP) is 2.53. The first-order valence-corrected chi connectivity index (χ1v) is 6.79. The molecular formula is C17H19NO3. The lowest BCUT2D eigenvalue weighted by Gasteiger charge is -2.08. The predicted molar refractivity (Wildman–Crippen MR) is 80.9 cm³/mol. The van der Waals surface area contributed by atoms with Gasteiger partial charge in [-0.2, -0.15) is 0 Å². The van der Waals surface area contributed by atoms with Crippen LogP contribution in [-0.4, -0.2) is 19.6 Å². The standard InChI is InChI=1S/C17H19NO3/c1-20-13-17(19)18-11-14-7-9-16(10-8-14)21-12-15-5-3-2-4-6-15/h2-10H,11-13H2,1H3,(H,18,19). The second-order valence-electron chi connectivity index (χ2n) is 4.63. The highest BCUT2D eigenvalue weighted by molar-refractivity contribution is 5.77. The first kappa shape index (κ1) is 15.1. The average Bonchev–Trinajstić information content (AvgIpc) is 2.53. The normalized spacial score (nSPS) is 10.1. The van der Waals surface area contributed by atoms with Crippen molar-refractivity contribution in [2.24, 2.45) is 0 Å². The molecule has 0 bridgehead atoms. The maximum atomic E-state index is 11.3. The number of ether oxygens (including phenoxy) is 2. The quantitative estimate of drug-likeness (QED) is 0.850. The van der Waals surface area contributed by atoms with Crippen molar-refractivity contribution in [3.05, 3.63) is 65.7 Å². The van der Waals surface area contributed by atoms with E-state index in [9.17, 15) is 4.79 Å². The topological polar surface area (TPSA) is 47.6 Å². The van der Waals surface area contributed by atoms with Crippen molar-refractivity contribution in [3.63, 3.8) is 0 Å². The summed E-state index contributed by atoms with van der Waals surface area (Å²) >= 11 is 0. The molecule has 0 aromatic heterocycles. The molecule has 0 heterocycles. The fourth-order valence-corrected chi connectivity index (χ4v) is 1.83. The van der Waals surface area contributed by atoms with Gasteiger partial charge < -0.3 is 14.8 Å². The molecule has 4 heteroatoms. The molecule has 0 saturated carbocycles. The zero-order chi connectivity index (χ0) is 14.9. The van der Waals surface area contributed by atoms with Gasteiger partial charge in [0.15, 0.2) is 0 Å². The van der Waals surface area contributed by atoms with E-state index in [1.165, 1.54) is 7.11 Å². The Morgan fingerprint density at radius 3 is 2.38 bits per heavy atom. The van der Waals surface area contributed by atoms with E-state index in [1.54, 1.807) is 0 Å². The van der Waals surface area contributed by atoms with Crippen molar-refractivity contribution >= 4 is 5.91 Å². The van der Waals surface area contributed by atoms with Gasteiger partial charge in [0.2, 0.25) is 5.91 Å². The summed E-state index contributed by atoms with van der Waals surface area (Å²) < 4.78 is 10.5. The summed E-state index contributed by atoms with van der Waals surface area (Å²) in [7, 11) is 1.50. The van der Waals surface area contributed by atoms with Crippen LogP contribution in [0.15, 0.2) is 54.6 Å². The summed E-state index contributed by atoms with van der Waals surface area (Å²) in [6.45, 7) is 1.12. The van der Waals surface area contributed by atoms with Crippen LogP contribution in [0.2, 0.25) is 0 Å². The molecule has 1 N–H and O–H groups in total. The molecular weight excluding hydrogens is 266 g/mol. The van der Waals surface area contributed by atoms with Gasteiger partial charge in [-0.1, -0.05) is 42.5 Å². The Bertz CT molecular complexity index is 552. The van der Waals surface area contributed by atoms with Crippen molar-refractivity contribution in [2.75, 3.05) is 13.7 Å². The van der Waals surface area contributed by atoms with Crippen LogP contribution < -0.4 is 10.1 Å². The molecule has 0 fully saturated rings. The minimum atomic E-state index is -0.123. The largest absolute Gasteiger partial charge is 0.489 e. The van der Waals surface area contributed by atoms with Crippen molar-refractivity contribution < 1.29 is 14.3 Å². The van der Waals surface area contributed by atoms with Crippen molar-refractivity contribution in [3.8, 4) is 5.75 Å². The molecule has 0 saturated heterocycles. The third-order valence-corrected chi connectivity index (χ3v) is 2.94. The molecule has 0 unspecified atom stereocenters. The highest BCUT2D eigenvalue weighted by atomic mass is 16.5. The number of nitrogens with one attached hydrogen (secondary N) is 1. The molecule has 2 aromatic carbocycles. The van der Waals surface area contributed by atoms with Crippen LogP contribution >= 0.6 is 0 Å². The highest BCUT2D eigenvalue weighted by Gasteiger charge is 2.01. The van der Waals surface area contributed by atoms with E-state index in [0.717, 1.165) is 16.9 Å². The Morgan fingerprint density at radius 1 is 1.00 bits per heavy atom. The van der Waals surface area contributed by atoms with Crippen molar-refractivity contribution in [1.82, 2.24) is 5.32 Å². The Morgan fingerprint density at radius 2 is 1.71 bits per heavy atom. The lowest BCUT2D eigenvalue weighted by molar-refractivity contribution is -0.124. The van der Waals surface area contributed by atoms with E-state index < -0.39 is 0 Å². The average molecular weight is 285 g/mol. The van der Waals surface area contributed by atoms with E-state index in [0.29, 0.717) is 13.2 Å². The summed E-state index contributed by atoms with van der Waals surface area (Å²) in [6.07, 6.45) is 0. The molecule has 0 spiro atoms. The molecule has 0 aliphatic rings. The molecule has 4 nitrogen and oxygen atoms in total. The molecule has 0 radical (unpaired) electrons. The fraction of sp³-hybridized carbons (Fsp3) is 0.235. The van der Waals surface area contributed by atoms with Gasteiger partial charge in [0, 0.05) is 13.7 Å². The smallest absolute Gasteiger partial charge is 0.246 e. The molecule has 0 aliphatic heterocycles. The van der Waals surface area contributed by atoms with Crippen LogP contribution in [0.1, 0.15) is 11.1 Å². The first-order chi connectivity index (χ1) is 10.3. The van der Waals surface area contributed by atoms with E-state index in [2.05, 4.69) is 5.32 Å². The van der Waals surface area contributed by atoms with Crippen LogP contribution in [-0.2, 0) is 22.7 Å². The van der Waals surface area contributed by atoms with Crippen LogP contribution in [0.4, 0.5) is 0 Å². The number of hydrogen-bond acceptors (Lipinski definition) is 3. The summed E-state index contributed by atoms with van der Waals surface area (Å²) in [5, 5.41) is 2.77. The minimum absolute atomic E-state index is 0.0816. The van der Waals surface area contributed by atoms with Crippen molar-refractivity contribution in [1.29, 1.82) is 0 Å². The lowest BCUT2D eigenvalue weighted by atomic mass is 10.2. The Balaban J connectivity index is 1.80. The van der Waals surface area contributed by atoms with Crippen molar-refractivity contribution in [2.45, 2.75) is 13.2 Å². The van der Waals surface area contributed by atoms with Crippen LogP contribution in [0.5, 0.6) is 5.75 Å². The van der Waals surface area contributed by atoms with E-state index >= 15 is 0 Å². The lowest BCUT2D eigenvalue weighted by Crippen LogP contribution is -2.26. The zero-order valence-corrected chi connectivity index (χ0v) is 12.0. The second kappa shape index (κ2) is 8.07. The fourth-order valence-electron chi connectivity index (χ4n) is 1.83. The van der Waals surface area contributed by atoms with Gasteiger partial charge in [0.1, 0.15) is 19.0 Å². The first-order valence-electron chi connectivity index (χ1n) is 6.79. The van der Waals surface area contributed by atoms with E-state index in [-0.39, 0.29) is 12.5 Å². The van der Waals surface area contributed by atoms with Crippen LogP contribution in [0, 0.1) is 0 Å². The zero-order valence-electron chi connectivity index (χ0n) is 12.0. The number of hydrogen-bond donors (Lipinski definition) is 1. The number of rotatable bonds is 7. The number of amides is 1. The molecule has 110 valence electrons. The third-order valence-electron chi connectivity index (χ3n) is 2.94.